The van der Waals surface area contributed by atoms with Crippen LogP contribution < -0.4 is 25.6 Å². The second kappa shape index (κ2) is 13.1. The Morgan fingerprint density at radius 3 is 2.62 bits per heavy atom. The van der Waals surface area contributed by atoms with Crippen LogP contribution in [-0.2, 0) is 11.2 Å². The second-order valence-corrected chi connectivity index (χ2v) is 13.1. The van der Waals surface area contributed by atoms with Crippen LogP contribution in [0.25, 0.3) is 11.7 Å². The van der Waals surface area contributed by atoms with Crippen LogP contribution in [0.5, 0.6) is 6.01 Å². The van der Waals surface area contributed by atoms with Crippen molar-refractivity contribution in [2.24, 2.45) is 0 Å². The van der Waals surface area contributed by atoms with Gasteiger partial charge in [0, 0.05) is 42.5 Å². The molecular formula is C35H41FN8O3. The molecule has 0 bridgehead atoms. The molecule has 3 N–H and O–H groups in total. The van der Waals surface area contributed by atoms with E-state index in [1.165, 1.54) is 7.05 Å². The summed E-state index contributed by atoms with van der Waals surface area (Å²) in [5.74, 6) is -1.22. The van der Waals surface area contributed by atoms with E-state index in [4.69, 9.17) is 14.7 Å². The van der Waals surface area contributed by atoms with E-state index in [0.717, 1.165) is 35.7 Å². The predicted molar refractivity (Wildman–Crippen MR) is 179 cm³/mol. The molecule has 2 aromatic carbocycles. The van der Waals surface area contributed by atoms with Gasteiger partial charge in [0.2, 0.25) is 5.95 Å². The van der Waals surface area contributed by atoms with Gasteiger partial charge in [0.05, 0.1) is 12.2 Å². The number of rotatable bonds is 9. The largest absolute Gasteiger partial charge is 0.459 e. The topological polar surface area (TPSA) is 126 Å². The minimum atomic E-state index is -0.907. The smallest absolute Gasteiger partial charge is 0.322 e. The molecule has 1 saturated heterocycles. The highest BCUT2D eigenvalue weighted by atomic mass is 19.1. The lowest BCUT2D eigenvalue weighted by atomic mass is 9.92. The third kappa shape index (κ3) is 6.83. The molecule has 2 aliphatic heterocycles. The van der Waals surface area contributed by atoms with E-state index in [0.29, 0.717) is 48.2 Å². The SMILES string of the molecule is CNC(=O)C(F)=Cc1ccc(C(=O)N2c3ccccc3CC2CNc2nc(OC3CCC(C)(C)NC3)nc3c(C(C)C)cnn23)cc1. The number of anilines is 2. The van der Waals surface area contributed by atoms with Gasteiger partial charge in [-0.25, -0.2) is 4.39 Å². The summed E-state index contributed by atoms with van der Waals surface area (Å²) in [6, 6.07) is 14.5. The Labute approximate surface area is 273 Å². The van der Waals surface area contributed by atoms with E-state index < -0.39 is 11.7 Å². The molecule has 2 amide bonds. The van der Waals surface area contributed by atoms with Gasteiger partial charge in [-0.05, 0) is 74.4 Å². The fourth-order valence-electron chi connectivity index (χ4n) is 6.10. The van der Waals surface area contributed by atoms with Crippen LogP contribution in [0.1, 0.15) is 73.5 Å². The number of fused-ring (bicyclic) bond motifs is 2. The van der Waals surface area contributed by atoms with Crippen molar-refractivity contribution in [2.45, 2.75) is 70.6 Å². The number of nitrogens with zero attached hydrogens (tertiary/aromatic N) is 5. The van der Waals surface area contributed by atoms with E-state index in [-0.39, 0.29) is 29.5 Å². The molecule has 4 aromatic rings. The number of halogens is 1. The first-order chi connectivity index (χ1) is 22.5. The quantitative estimate of drug-likeness (QED) is 0.221. The van der Waals surface area contributed by atoms with Gasteiger partial charge in [0.25, 0.3) is 11.8 Å². The summed E-state index contributed by atoms with van der Waals surface area (Å²) in [5, 5.41) is 13.9. The zero-order chi connectivity index (χ0) is 33.3. The first-order valence-electron chi connectivity index (χ1n) is 16.0. The molecule has 6 rings (SSSR count). The fourth-order valence-corrected chi connectivity index (χ4v) is 6.10. The number of piperidine rings is 1. The van der Waals surface area contributed by atoms with Gasteiger partial charge in [-0.15, -0.1) is 0 Å². The average molecular weight is 641 g/mol. The number of para-hydroxylation sites is 1. The lowest BCUT2D eigenvalue weighted by Gasteiger charge is -2.35. The van der Waals surface area contributed by atoms with Crippen LogP contribution in [0.4, 0.5) is 16.0 Å². The Kier molecular flexibility index (Phi) is 8.96. The average Bonchev–Trinajstić information content (AvgIpc) is 3.66. The molecule has 0 aliphatic carbocycles. The second-order valence-electron chi connectivity index (χ2n) is 13.1. The molecule has 2 aliphatic rings. The van der Waals surface area contributed by atoms with Gasteiger partial charge in [-0.1, -0.05) is 44.2 Å². The molecule has 246 valence electrons. The molecule has 11 nitrogen and oxygen atoms in total. The molecule has 2 aromatic heterocycles. The number of carbonyl (C=O) groups excluding carboxylic acids is 2. The van der Waals surface area contributed by atoms with Gasteiger partial charge in [0.15, 0.2) is 11.5 Å². The van der Waals surface area contributed by atoms with Crippen LogP contribution in [0.2, 0.25) is 0 Å². The van der Waals surface area contributed by atoms with Gasteiger partial charge in [-0.2, -0.15) is 19.6 Å². The summed E-state index contributed by atoms with van der Waals surface area (Å²) >= 11 is 0. The summed E-state index contributed by atoms with van der Waals surface area (Å²) in [4.78, 5) is 36.9. The Balaban J connectivity index is 1.25. The highest BCUT2D eigenvalue weighted by Gasteiger charge is 2.35. The Morgan fingerprint density at radius 2 is 1.91 bits per heavy atom. The maximum absolute atomic E-state index is 14.1. The van der Waals surface area contributed by atoms with Crippen LogP contribution in [0, 0.1) is 0 Å². The zero-order valence-electron chi connectivity index (χ0n) is 27.4. The van der Waals surface area contributed by atoms with E-state index in [9.17, 15) is 14.0 Å². The van der Waals surface area contributed by atoms with E-state index in [2.05, 4.69) is 48.7 Å². The zero-order valence-corrected chi connectivity index (χ0v) is 27.4. The standard InChI is InChI=1S/C35H41FN8O3/c1-21(2)27-20-40-44-30(27)41-34(47-26-14-15-35(3,4)39-19-26)42-33(44)38-18-25-17-24-8-6-7-9-29(24)43(25)32(46)23-12-10-22(11-13-23)16-28(36)31(45)37-5/h6-13,16,20-21,25-26,39H,14-15,17-19H2,1-5H3,(H,37,45)(H,38,41,42). The fraction of sp³-hybridized carbons (Fsp3) is 0.400. The van der Waals surface area contributed by atoms with Crippen LogP contribution >= 0.6 is 0 Å². The van der Waals surface area contributed by atoms with Crippen molar-refractivity contribution in [3.05, 3.63) is 82.8 Å². The van der Waals surface area contributed by atoms with Gasteiger partial charge in [0.1, 0.15) is 6.10 Å². The van der Waals surface area contributed by atoms with E-state index in [1.807, 2.05) is 30.5 Å². The molecule has 2 atom stereocenters. The van der Waals surface area contributed by atoms with E-state index in [1.54, 1.807) is 33.7 Å². The summed E-state index contributed by atoms with van der Waals surface area (Å²) in [5.41, 5.74) is 4.56. The third-order valence-corrected chi connectivity index (χ3v) is 8.85. The van der Waals surface area contributed by atoms with Crippen molar-refractivity contribution < 1.29 is 18.7 Å². The predicted octanol–water partition coefficient (Wildman–Crippen LogP) is 4.90. The Bertz CT molecular complexity index is 1810. The Hall–Kier alpha value is -4.84. The minimum Gasteiger partial charge on any atom is -0.459 e. The minimum absolute atomic E-state index is 0.0524. The highest BCUT2D eigenvalue weighted by Crippen LogP contribution is 2.34. The third-order valence-electron chi connectivity index (χ3n) is 8.85. The molecule has 2 unspecified atom stereocenters. The maximum Gasteiger partial charge on any atom is 0.322 e. The monoisotopic (exact) mass is 640 g/mol. The molecule has 0 spiro atoms. The van der Waals surface area contributed by atoms with Crippen molar-refractivity contribution >= 4 is 35.2 Å². The molecular weight excluding hydrogens is 599 g/mol. The molecule has 1 fully saturated rings. The normalized spacial score (nSPS) is 19.1. The molecule has 47 heavy (non-hydrogen) atoms. The summed E-state index contributed by atoms with van der Waals surface area (Å²) in [6.45, 7) is 9.67. The van der Waals surface area contributed by atoms with Gasteiger partial charge >= 0.3 is 6.01 Å². The highest BCUT2D eigenvalue weighted by molar-refractivity contribution is 6.08. The van der Waals surface area contributed by atoms with Crippen LogP contribution in [-0.4, -0.2) is 69.2 Å². The lowest BCUT2D eigenvalue weighted by molar-refractivity contribution is -0.118. The number of carbonyl (C=O) groups is 2. The number of hydrogen-bond acceptors (Lipinski definition) is 8. The van der Waals surface area contributed by atoms with E-state index >= 15 is 0 Å². The molecule has 0 radical (unpaired) electrons. The summed E-state index contributed by atoms with van der Waals surface area (Å²) < 4.78 is 22.1. The van der Waals surface area contributed by atoms with Crippen LogP contribution in [0.3, 0.4) is 0 Å². The maximum atomic E-state index is 14.1. The number of amides is 2. The molecule has 12 heteroatoms. The van der Waals surface area contributed by atoms with Crippen LogP contribution in [0.15, 0.2) is 60.6 Å². The van der Waals surface area contributed by atoms with Crippen molar-refractivity contribution in [3.8, 4) is 6.01 Å². The summed E-state index contributed by atoms with van der Waals surface area (Å²) in [6.07, 6.45) is 5.41. The lowest BCUT2D eigenvalue weighted by Crippen LogP contribution is -2.50. The molecule has 0 saturated carbocycles. The van der Waals surface area contributed by atoms with Gasteiger partial charge in [-0.3, -0.25) is 9.59 Å². The first-order valence-corrected chi connectivity index (χ1v) is 16.0. The van der Waals surface area contributed by atoms with Crippen molar-refractivity contribution in [2.75, 3.05) is 30.4 Å². The van der Waals surface area contributed by atoms with Crippen molar-refractivity contribution in [1.82, 2.24) is 30.2 Å². The number of ether oxygens (including phenoxy) is 1. The first kappa shape index (κ1) is 32.1. The number of nitrogens with one attached hydrogen (secondary N) is 3. The number of benzene rings is 2. The van der Waals surface area contributed by atoms with Crippen molar-refractivity contribution in [3.63, 3.8) is 0 Å². The number of aromatic nitrogens is 4. The number of likely N-dealkylation sites (N-methyl/N-ethyl adjacent to an activating group) is 1. The van der Waals surface area contributed by atoms with Crippen molar-refractivity contribution in [1.29, 1.82) is 0 Å². The molecule has 4 heterocycles. The summed E-state index contributed by atoms with van der Waals surface area (Å²) in [7, 11) is 1.37. The van der Waals surface area contributed by atoms with Gasteiger partial charge < -0.3 is 25.6 Å². The number of hydrogen-bond donors (Lipinski definition) is 3. The Morgan fingerprint density at radius 1 is 1.15 bits per heavy atom.